The molecule has 3 heterocycles. The van der Waals surface area contributed by atoms with Crippen molar-refractivity contribution in [3.63, 3.8) is 0 Å². The van der Waals surface area contributed by atoms with E-state index in [9.17, 15) is 36.4 Å². The van der Waals surface area contributed by atoms with Crippen molar-refractivity contribution in [1.29, 1.82) is 0 Å². The van der Waals surface area contributed by atoms with Crippen molar-refractivity contribution in [2.24, 2.45) is 5.92 Å². The van der Waals surface area contributed by atoms with E-state index >= 15 is 0 Å². The number of allylic oxidation sites excluding steroid dienone is 1. The highest BCUT2D eigenvalue weighted by Gasteiger charge is 2.62. The topological polar surface area (TPSA) is 177 Å². The molecule has 7 rings (SSSR count). The van der Waals surface area contributed by atoms with Crippen LogP contribution in [-0.4, -0.2) is 82.4 Å². The van der Waals surface area contributed by atoms with Crippen LogP contribution in [0.3, 0.4) is 0 Å². The van der Waals surface area contributed by atoms with Crippen LogP contribution in [0.1, 0.15) is 73.8 Å². The molecule has 0 spiro atoms. The summed E-state index contributed by atoms with van der Waals surface area (Å²) in [7, 11) is -3.93. The van der Waals surface area contributed by atoms with Gasteiger partial charge in [0.2, 0.25) is 27.7 Å². The summed E-state index contributed by atoms with van der Waals surface area (Å²) in [4.78, 5) is 65.9. The van der Waals surface area contributed by atoms with E-state index in [1.54, 1.807) is 6.92 Å². The van der Waals surface area contributed by atoms with Gasteiger partial charge in [0.05, 0.1) is 28.4 Å². The predicted molar refractivity (Wildman–Crippen MR) is 188 cm³/mol. The molecule has 2 saturated carbocycles. The number of hydrogen-bond acceptors (Lipinski definition) is 9. The Morgan fingerprint density at radius 2 is 1.81 bits per heavy atom. The molecule has 280 valence electrons. The summed E-state index contributed by atoms with van der Waals surface area (Å²) >= 11 is 0. The molecular formula is C37H40F2N6O7S. The fourth-order valence-electron chi connectivity index (χ4n) is 7.10. The molecule has 1 aromatic heterocycles. The summed E-state index contributed by atoms with van der Waals surface area (Å²) in [5.41, 5.74) is -0.732. The van der Waals surface area contributed by atoms with Crippen LogP contribution in [0.15, 0.2) is 54.6 Å². The molecule has 5 atom stereocenters. The van der Waals surface area contributed by atoms with Crippen LogP contribution < -0.4 is 20.1 Å². The van der Waals surface area contributed by atoms with Gasteiger partial charge in [0, 0.05) is 18.4 Å². The SMILES string of the molecule is Cc1nc2ccc(F)cc2nc1O[C@@H]1C[C@H]2C(=O)N[C@]3(C(=O)NS(=O)(=O)C4CC4)CC3/C=C\CCCCC[C@H](NC(=O)c3ccccc3F)C(=O)N2C1. The van der Waals surface area contributed by atoms with Gasteiger partial charge in [0.15, 0.2) is 0 Å². The Bertz CT molecular complexity index is 2110. The molecule has 3 fully saturated rings. The first-order valence-corrected chi connectivity index (χ1v) is 19.4. The monoisotopic (exact) mass is 750 g/mol. The number of ether oxygens (including phenoxy) is 1. The zero-order valence-electron chi connectivity index (χ0n) is 29.0. The van der Waals surface area contributed by atoms with Crippen LogP contribution in [0, 0.1) is 24.5 Å². The maximum atomic E-state index is 14.6. The van der Waals surface area contributed by atoms with Gasteiger partial charge in [-0.2, -0.15) is 0 Å². The van der Waals surface area contributed by atoms with Crippen molar-refractivity contribution < 1.29 is 41.1 Å². The Morgan fingerprint density at radius 1 is 1.02 bits per heavy atom. The minimum absolute atomic E-state index is 0.0631. The lowest BCUT2D eigenvalue weighted by atomic mass is 10.0. The van der Waals surface area contributed by atoms with E-state index in [4.69, 9.17) is 4.74 Å². The number of amides is 4. The Kier molecular flexibility index (Phi) is 9.91. The van der Waals surface area contributed by atoms with Crippen molar-refractivity contribution in [3.05, 3.63) is 77.5 Å². The molecule has 1 unspecified atom stereocenters. The quantitative estimate of drug-likeness (QED) is 0.306. The molecular weight excluding hydrogens is 711 g/mol. The maximum Gasteiger partial charge on any atom is 0.259 e. The number of carbonyl (C=O) groups excluding carboxylic acids is 4. The second-order valence-electron chi connectivity index (χ2n) is 14.2. The zero-order chi connectivity index (χ0) is 37.5. The first kappa shape index (κ1) is 36.4. The fourth-order valence-corrected chi connectivity index (χ4v) is 8.46. The normalized spacial score (nSPS) is 27.0. The van der Waals surface area contributed by atoms with Gasteiger partial charge in [-0.25, -0.2) is 27.2 Å². The van der Waals surface area contributed by atoms with Gasteiger partial charge in [0.1, 0.15) is 41.1 Å². The summed E-state index contributed by atoms with van der Waals surface area (Å²) in [6.07, 6.45) is 6.65. The first-order chi connectivity index (χ1) is 25.3. The zero-order valence-corrected chi connectivity index (χ0v) is 29.8. The number of aromatic nitrogens is 2. The third-order valence-corrected chi connectivity index (χ3v) is 12.1. The predicted octanol–water partition coefficient (Wildman–Crippen LogP) is 3.37. The fraction of sp³-hybridized carbons (Fsp3) is 0.459. The molecule has 13 nitrogen and oxygen atoms in total. The molecule has 2 aliphatic heterocycles. The van der Waals surface area contributed by atoms with E-state index in [-0.39, 0.29) is 42.8 Å². The van der Waals surface area contributed by atoms with E-state index in [1.165, 1.54) is 41.3 Å². The summed E-state index contributed by atoms with van der Waals surface area (Å²) in [5, 5.41) is 4.82. The van der Waals surface area contributed by atoms with Crippen LogP contribution in [-0.2, 0) is 24.4 Å². The molecule has 0 bridgehead atoms. The van der Waals surface area contributed by atoms with Crippen molar-refractivity contribution in [3.8, 4) is 5.88 Å². The average Bonchev–Trinajstić information content (AvgIpc) is 4.04. The molecule has 53 heavy (non-hydrogen) atoms. The van der Waals surface area contributed by atoms with Crippen LogP contribution in [0.4, 0.5) is 8.78 Å². The number of halogens is 2. The molecule has 2 aromatic carbocycles. The number of benzene rings is 2. The van der Waals surface area contributed by atoms with Gasteiger partial charge >= 0.3 is 0 Å². The van der Waals surface area contributed by atoms with Crippen LogP contribution in [0.25, 0.3) is 11.0 Å². The third kappa shape index (κ3) is 7.73. The Hall–Kier alpha value is -4.99. The molecule has 3 N–H and O–H groups in total. The number of aryl methyl sites for hydroxylation is 1. The van der Waals surface area contributed by atoms with E-state index in [2.05, 4.69) is 25.3 Å². The first-order valence-electron chi connectivity index (χ1n) is 17.9. The average molecular weight is 751 g/mol. The Labute approximate surface area is 305 Å². The van der Waals surface area contributed by atoms with Crippen LogP contribution >= 0.6 is 0 Å². The Balaban J connectivity index is 1.20. The largest absolute Gasteiger partial charge is 0.471 e. The van der Waals surface area contributed by atoms with E-state index in [0.717, 1.165) is 12.5 Å². The lowest BCUT2D eigenvalue weighted by Gasteiger charge is -2.30. The molecule has 2 aliphatic carbocycles. The standard InChI is InChI=1S/C37H40F2N6O7S/c1-21-34(42-30-17-23(38)13-16-28(30)40-21)52-24-18-31-33(47)43-37(36(49)44-53(50,51)25-14-15-25)19-22(37)9-5-3-2-4-6-12-29(35(48)45(31)20-24)41-32(46)26-10-7-8-11-27(26)39/h5,7-11,13,16-17,22,24-25,29,31H,2-4,6,12,14-15,18-20H2,1H3,(H,41,46)(H,43,47)(H,44,49)/b9-5-/t22?,24-,29+,31+,37-/m1/s1. The smallest absolute Gasteiger partial charge is 0.259 e. The van der Waals surface area contributed by atoms with Gasteiger partial charge in [-0.1, -0.05) is 37.1 Å². The highest BCUT2D eigenvalue weighted by molar-refractivity contribution is 7.91. The highest BCUT2D eigenvalue weighted by Crippen LogP contribution is 2.46. The van der Waals surface area contributed by atoms with E-state index < -0.39 is 80.2 Å². The number of carbonyl (C=O) groups is 4. The number of fused-ring (bicyclic) bond motifs is 3. The molecule has 3 aromatic rings. The second-order valence-corrected chi connectivity index (χ2v) is 16.2. The third-order valence-electron chi connectivity index (χ3n) is 10.3. The maximum absolute atomic E-state index is 14.6. The minimum Gasteiger partial charge on any atom is -0.471 e. The molecule has 0 radical (unpaired) electrons. The molecule has 4 amide bonds. The van der Waals surface area contributed by atoms with Gasteiger partial charge in [0.25, 0.3) is 11.8 Å². The van der Waals surface area contributed by atoms with Crippen molar-refractivity contribution >= 4 is 44.7 Å². The number of nitrogens with zero attached hydrogens (tertiary/aromatic N) is 3. The number of sulfonamides is 1. The molecule has 16 heteroatoms. The summed E-state index contributed by atoms with van der Waals surface area (Å²) in [5.74, 6) is -4.64. The lowest BCUT2D eigenvalue weighted by molar-refractivity contribution is -0.141. The van der Waals surface area contributed by atoms with Crippen molar-refractivity contribution in [2.75, 3.05) is 6.54 Å². The summed E-state index contributed by atoms with van der Waals surface area (Å²) < 4.78 is 62.6. The number of hydrogen-bond donors (Lipinski definition) is 3. The van der Waals surface area contributed by atoms with E-state index in [1.807, 2.05) is 12.2 Å². The van der Waals surface area contributed by atoms with Crippen molar-refractivity contribution in [2.45, 2.75) is 93.7 Å². The Morgan fingerprint density at radius 3 is 2.58 bits per heavy atom. The molecule has 4 aliphatic rings. The second kappa shape index (κ2) is 14.4. The minimum atomic E-state index is -3.93. The summed E-state index contributed by atoms with van der Waals surface area (Å²) in [6.45, 7) is 1.52. The number of nitrogens with one attached hydrogen (secondary N) is 3. The van der Waals surface area contributed by atoms with Gasteiger partial charge in [-0.15, -0.1) is 0 Å². The highest BCUT2D eigenvalue weighted by atomic mass is 32.2. The van der Waals surface area contributed by atoms with Gasteiger partial charge in [-0.05, 0) is 69.7 Å². The van der Waals surface area contributed by atoms with Crippen molar-refractivity contribution in [1.82, 2.24) is 30.2 Å². The summed E-state index contributed by atoms with van der Waals surface area (Å²) in [6, 6.07) is 7.00. The molecule has 1 saturated heterocycles. The van der Waals surface area contributed by atoms with Crippen LogP contribution in [0.2, 0.25) is 0 Å². The van der Waals surface area contributed by atoms with Gasteiger partial charge in [-0.3, -0.25) is 23.9 Å². The van der Waals surface area contributed by atoms with Crippen LogP contribution in [0.5, 0.6) is 5.88 Å². The number of rotatable bonds is 7. The lowest BCUT2D eigenvalue weighted by Crippen LogP contribution is -2.58. The van der Waals surface area contributed by atoms with E-state index in [0.29, 0.717) is 43.3 Å². The van der Waals surface area contributed by atoms with Gasteiger partial charge < -0.3 is 20.3 Å².